The van der Waals surface area contributed by atoms with E-state index in [1.807, 2.05) is 42.5 Å². The molecule has 2 saturated heterocycles. The molecule has 2 heterocycles. The van der Waals surface area contributed by atoms with Gasteiger partial charge < -0.3 is 14.4 Å². The Morgan fingerprint density at radius 2 is 1.81 bits per heavy atom. The Morgan fingerprint density at radius 1 is 1.08 bits per heavy atom. The minimum absolute atomic E-state index is 0.0234. The molecule has 1 atom stereocenters. The molecule has 2 fully saturated rings. The van der Waals surface area contributed by atoms with E-state index < -0.39 is 0 Å². The van der Waals surface area contributed by atoms with Crippen LogP contribution in [0.3, 0.4) is 0 Å². The van der Waals surface area contributed by atoms with E-state index in [0.717, 1.165) is 32.4 Å². The van der Waals surface area contributed by atoms with Crippen LogP contribution in [0.1, 0.15) is 30.4 Å². The van der Waals surface area contributed by atoms with Gasteiger partial charge in [0.1, 0.15) is 0 Å². The number of hydrogen-bond acceptors (Lipinski definition) is 4. The van der Waals surface area contributed by atoms with Gasteiger partial charge in [0.25, 0.3) is 0 Å². The van der Waals surface area contributed by atoms with E-state index >= 15 is 0 Å². The Morgan fingerprint density at radius 3 is 2.50 bits per heavy atom. The maximum absolute atomic E-state index is 8.93. The monoisotopic (exact) mass is 348 g/mol. The van der Waals surface area contributed by atoms with Crippen LogP contribution in [-0.2, 0) is 16.1 Å². The average molecular weight is 348 g/mol. The molecule has 2 aromatic rings. The van der Waals surface area contributed by atoms with E-state index in [9.17, 15) is 0 Å². The zero-order valence-corrected chi connectivity index (χ0v) is 14.9. The fourth-order valence-electron chi connectivity index (χ4n) is 3.97. The molecule has 0 saturated carbocycles. The molecule has 134 valence electrons. The summed E-state index contributed by atoms with van der Waals surface area (Å²) in [5, 5.41) is 8.93. The second-order valence-corrected chi connectivity index (χ2v) is 7.26. The summed E-state index contributed by atoms with van der Waals surface area (Å²) >= 11 is 0. The number of nitrogens with zero attached hydrogens (tertiary/aromatic N) is 2. The van der Waals surface area contributed by atoms with Crippen molar-refractivity contribution in [2.75, 3.05) is 24.6 Å². The van der Waals surface area contributed by atoms with Gasteiger partial charge in [0.15, 0.2) is 0 Å². The van der Waals surface area contributed by atoms with Crippen molar-refractivity contribution in [3.63, 3.8) is 0 Å². The number of piperidine rings is 1. The van der Waals surface area contributed by atoms with E-state index in [2.05, 4.69) is 23.1 Å². The quantitative estimate of drug-likeness (QED) is 0.840. The lowest BCUT2D eigenvalue weighted by molar-refractivity contribution is -0.0203. The Bertz CT molecular complexity index is 759. The highest BCUT2D eigenvalue weighted by Crippen LogP contribution is 2.38. The summed E-state index contributed by atoms with van der Waals surface area (Å²) in [5.41, 5.74) is 3.09. The van der Waals surface area contributed by atoms with Crippen molar-refractivity contribution in [2.24, 2.45) is 0 Å². The van der Waals surface area contributed by atoms with E-state index in [4.69, 9.17) is 14.7 Å². The van der Waals surface area contributed by atoms with Crippen LogP contribution in [0.5, 0.6) is 0 Å². The van der Waals surface area contributed by atoms with Gasteiger partial charge in [-0.2, -0.15) is 5.26 Å². The number of benzene rings is 2. The van der Waals surface area contributed by atoms with Crippen LogP contribution in [0.25, 0.3) is 0 Å². The van der Waals surface area contributed by atoms with Gasteiger partial charge in [-0.05, 0) is 42.7 Å². The third-order valence-electron chi connectivity index (χ3n) is 5.54. The number of nitriles is 1. The summed E-state index contributed by atoms with van der Waals surface area (Å²) in [5.74, 6) is 0. The smallest absolute Gasteiger partial charge is 0.0991 e. The van der Waals surface area contributed by atoms with Crippen molar-refractivity contribution in [3.05, 3.63) is 65.7 Å². The summed E-state index contributed by atoms with van der Waals surface area (Å²) in [7, 11) is 0. The largest absolute Gasteiger partial charge is 0.372 e. The van der Waals surface area contributed by atoms with E-state index in [1.54, 1.807) is 0 Å². The van der Waals surface area contributed by atoms with Gasteiger partial charge >= 0.3 is 0 Å². The molecule has 2 aliphatic rings. The van der Waals surface area contributed by atoms with Gasteiger partial charge in [0, 0.05) is 25.2 Å². The minimum atomic E-state index is -0.0234. The standard InChI is InChI=1S/C22H24N2O2/c23-15-18-6-8-20(9-7-18)24-12-10-22(11-13-24)14-21(17-26-22)25-16-19-4-2-1-3-5-19/h1-9,21H,10-14,16-17H2. The Labute approximate surface area is 155 Å². The van der Waals surface area contributed by atoms with Crippen LogP contribution in [0.4, 0.5) is 5.69 Å². The molecule has 0 radical (unpaired) electrons. The second-order valence-electron chi connectivity index (χ2n) is 7.26. The maximum atomic E-state index is 8.93. The van der Waals surface area contributed by atoms with Crippen molar-refractivity contribution >= 4 is 5.69 Å². The summed E-state index contributed by atoms with van der Waals surface area (Å²) in [4.78, 5) is 2.38. The summed E-state index contributed by atoms with van der Waals surface area (Å²) in [6.45, 7) is 3.32. The molecule has 2 aromatic carbocycles. The molecule has 0 aromatic heterocycles. The van der Waals surface area contributed by atoms with Crippen molar-refractivity contribution in [1.82, 2.24) is 0 Å². The first kappa shape index (κ1) is 17.1. The van der Waals surface area contributed by atoms with Crippen LogP contribution in [-0.4, -0.2) is 31.4 Å². The number of rotatable bonds is 4. The lowest BCUT2D eigenvalue weighted by Crippen LogP contribution is -2.44. The number of anilines is 1. The first-order valence-electron chi connectivity index (χ1n) is 9.31. The zero-order valence-electron chi connectivity index (χ0n) is 14.9. The normalized spacial score (nSPS) is 21.7. The van der Waals surface area contributed by atoms with Crippen molar-refractivity contribution in [3.8, 4) is 6.07 Å². The zero-order chi connectivity index (χ0) is 17.8. The van der Waals surface area contributed by atoms with Crippen LogP contribution < -0.4 is 4.90 Å². The van der Waals surface area contributed by atoms with Crippen LogP contribution >= 0.6 is 0 Å². The molecular formula is C22H24N2O2. The molecule has 1 unspecified atom stereocenters. The molecule has 4 rings (SSSR count). The van der Waals surface area contributed by atoms with Gasteiger partial charge in [-0.25, -0.2) is 0 Å². The van der Waals surface area contributed by atoms with Crippen LogP contribution in [0.2, 0.25) is 0 Å². The fourth-order valence-corrected chi connectivity index (χ4v) is 3.97. The highest BCUT2D eigenvalue weighted by molar-refractivity contribution is 5.50. The van der Waals surface area contributed by atoms with Crippen LogP contribution in [0.15, 0.2) is 54.6 Å². The number of ether oxygens (including phenoxy) is 2. The summed E-state index contributed by atoms with van der Waals surface area (Å²) in [6, 6.07) is 20.3. The fraction of sp³-hybridized carbons (Fsp3) is 0.409. The second kappa shape index (κ2) is 7.49. The molecule has 0 amide bonds. The molecular weight excluding hydrogens is 324 g/mol. The molecule has 0 aliphatic carbocycles. The van der Waals surface area contributed by atoms with Crippen molar-refractivity contribution in [2.45, 2.75) is 37.6 Å². The molecule has 26 heavy (non-hydrogen) atoms. The highest BCUT2D eigenvalue weighted by atomic mass is 16.6. The summed E-state index contributed by atoms with van der Waals surface area (Å²) < 4.78 is 12.3. The van der Waals surface area contributed by atoms with Crippen molar-refractivity contribution < 1.29 is 9.47 Å². The van der Waals surface area contributed by atoms with E-state index in [-0.39, 0.29) is 11.7 Å². The first-order valence-corrected chi connectivity index (χ1v) is 9.31. The highest BCUT2D eigenvalue weighted by Gasteiger charge is 2.43. The third kappa shape index (κ3) is 3.75. The van der Waals surface area contributed by atoms with Gasteiger partial charge in [0.05, 0.1) is 36.6 Å². The van der Waals surface area contributed by atoms with Crippen molar-refractivity contribution in [1.29, 1.82) is 5.26 Å². The number of hydrogen-bond donors (Lipinski definition) is 0. The van der Waals surface area contributed by atoms with E-state index in [0.29, 0.717) is 18.8 Å². The third-order valence-corrected chi connectivity index (χ3v) is 5.54. The van der Waals surface area contributed by atoms with Crippen LogP contribution in [0, 0.1) is 11.3 Å². The molecule has 0 bridgehead atoms. The maximum Gasteiger partial charge on any atom is 0.0991 e. The van der Waals surface area contributed by atoms with Gasteiger partial charge in [0.2, 0.25) is 0 Å². The first-order chi connectivity index (χ1) is 12.8. The molecule has 4 heteroatoms. The minimum Gasteiger partial charge on any atom is -0.372 e. The van der Waals surface area contributed by atoms with E-state index in [1.165, 1.54) is 11.3 Å². The van der Waals surface area contributed by atoms with Gasteiger partial charge in [-0.15, -0.1) is 0 Å². The predicted molar refractivity (Wildman–Crippen MR) is 101 cm³/mol. The Kier molecular flexibility index (Phi) is 4.92. The molecule has 4 nitrogen and oxygen atoms in total. The molecule has 2 aliphatic heterocycles. The molecule has 1 spiro atoms. The lowest BCUT2D eigenvalue weighted by Gasteiger charge is -2.39. The molecule has 0 N–H and O–H groups in total. The van der Waals surface area contributed by atoms with Gasteiger partial charge in [-0.3, -0.25) is 0 Å². The average Bonchev–Trinajstić information content (AvgIpc) is 3.10. The SMILES string of the molecule is N#Cc1ccc(N2CCC3(CC2)CC(OCc2ccccc2)CO3)cc1. The predicted octanol–water partition coefficient (Wildman–Crippen LogP) is 3.90. The summed E-state index contributed by atoms with van der Waals surface area (Å²) in [6.07, 6.45) is 3.23. The Hall–Kier alpha value is -2.35. The van der Waals surface area contributed by atoms with Gasteiger partial charge in [-0.1, -0.05) is 30.3 Å². The lowest BCUT2D eigenvalue weighted by atomic mass is 9.87. The topological polar surface area (TPSA) is 45.5 Å². The Balaban J connectivity index is 1.29.